The van der Waals surface area contributed by atoms with Gasteiger partial charge in [-0.1, -0.05) is 12.1 Å². The summed E-state index contributed by atoms with van der Waals surface area (Å²) in [7, 11) is 3.26. The molecule has 6 heteroatoms. The molecule has 0 spiro atoms. The van der Waals surface area contributed by atoms with Crippen molar-refractivity contribution in [3.8, 4) is 11.5 Å². The van der Waals surface area contributed by atoms with E-state index in [0.717, 1.165) is 33.9 Å². The van der Waals surface area contributed by atoms with E-state index in [1.54, 1.807) is 14.2 Å². The maximum absolute atomic E-state index is 12.0. The lowest BCUT2D eigenvalue weighted by Crippen LogP contribution is -2.27. The summed E-state index contributed by atoms with van der Waals surface area (Å²) in [5.74, 6) is 2.40. The molecule has 0 saturated heterocycles. The van der Waals surface area contributed by atoms with Crippen LogP contribution in [0, 0.1) is 0 Å². The normalized spacial score (nSPS) is 10.6. The van der Waals surface area contributed by atoms with Crippen molar-refractivity contribution in [3.05, 3.63) is 53.9 Å². The number of hydrogen-bond acceptors (Lipinski definition) is 4. The van der Waals surface area contributed by atoms with Crippen LogP contribution >= 0.6 is 0 Å². The van der Waals surface area contributed by atoms with E-state index in [2.05, 4.69) is 15.3 Å². The van der Waals surface area contributed by atoms with Crippen molar-refractivity contribution < 1.29 is 14.3 Å². The quantitative estimate of drug-likeness (QED) is 0.693. The highest BCUT2D eigenvalue weighted by molar-refractivity contribution is 5.79. The standard InChI is InChI=1S/C19H21N3O3/c1-24-14-5-3-13(4-6-14)11-19(23)20-10-9-18-21-16-8-7-15(25-2)12-17(16)22-18/h3-8,12H,9-11H2,1-2H3,(H,20,23)(H,21,22). The second kappa shape index (κ2) is 7.70. The van der Waals surface area contributed by atoms with Gasteiger partial charge in [0.15, 0.2) is 0 Å². The second-order valence-electron chi connectivity index (χ2n) is 5.69. The molecule has 2 aromatic carbocycles. The molecule has 0 saturated carbocycles. The van der Waals surface area contributed by atoms with E-state index in [1.807, 2.05) is 42.5 Å². The summed E-state index contributed by atoms with van der Waals surface area (Å²) in [6, 6.07) is 13.2. The van der Waals surface area contributed by atoms with E-state index in [1.165, 1.54) is 0 Å². The number of hydrogen-bond donors (Lipinski definition) is 2. The molecule has 0 aliphatic rings. The molecule has 3 aromatic rings. The zero-order valence-electron chi connectivity index (χ0n) is 14.3. The molecule has 25 heavy (non-hydrogen) atoms. The number of amides is 1. The van der Waals surface area contributed by atoms with Gasteiger partial charge in [-0.25, -0.2) is 4.98 Å². The summed E-state index contributed by atoms with van der Waals surface area (Å²) < 4.78 is 10.3. The van der Waals surface area contributed by atoms with Gasteiger partial charge in [0.05, 0.1) is 31.7 Å². The van der Waals surface area contributed by atoms with Crippen LogP contribution in [0.4, 0.5) is 0 Å². The Kier molecular flexibility index (Phi) is 5.18. The van der Waals surface area contributed by atoms with Gasteiger partial charge in [0.1, 0.15) is 17.3 Å². The van der Waals surface area contributed by atoms with Gasteiger partial charge in [-0.2, -0.15) is 0 Å². The van der Waals surface area contributed by atoms with Gasteiger partial charge < -0.3 is 19.8 Å². The number of H-pyrrole nitrogens is 1. The van der Waals surface area contributed by atoms with Crippen molar-refractivity contribution in [1.82, 2.24) is 15.3 Å². The Morgan fingerprint density at radius 2 is 1.80 bits per heavy atom. The second-order valence-corrected chi connectivity index (χ2v) is 5.69. The molecule has 0 radical (unpaired) electrons. The first-order valence-corrected chi connectivity index (χ1v) is 8.10. The van der Waals surface area contributed by atoms with Gasteiger partial charge in [-0.05, 0) is 29.8 Å². The number of nitrogens with zero attached hydrogens (tertiary/aromatic N) is 1. The van der Waals surface area contributed by atoms with Crippen molar-refractivity contribution in [2.45, 2.75) is 12.8 Å². The Morgan fingerprint density at radius 3 is 2.52 bits per heavy atom. The van der Waals surface area contributed by atoms with Crippen molar-refractivity contribution in [2.24, 2.45) is 0 Å². The molecule has 1 heterocycles. The van der Waals surface area contributed by atoms with Gasteiger partial charge in [-0.3, -0.25) is 4.79 Å². The van der Waals surface area contributed by atoms with Crippen LogP contribution in [0.15, 0.2) is 42.5 Å². The first-order chi connectivity index (χ1) is 12.2. The number of ether oxygens (including phenoxy) is 2. The van der Waals surface area contributed by atoms with E-state index >= 15 is 0 Å². The van der Waals surface area contributed by atoms with Crippen LogP contribution in [-0.4, -0.2) is 36.6 Å². The van der Waals surface area contributed by atoms with Gasteiger partial charge in [0, 0.05) is 19.0 Å². The minimum Gasteiger partial charge on any atom is -0.497 e. The maximum Gasteiger partial charge on any atom is 0.224 e. The highest BCUT2D eigenvalue weighted by Crippen LogP contribution is 2.18. The number of benzene rings is 2. The number of nitrogens with one attached hydrogen (secondary N) is 2. The summed E-state index contributed by atoms with van der Waals surface area (Å²) in [4.78, 5) is 19.8. The van der Waals surface area contributed by atoms with E-state index in [-0.39, 0.29) is 5.91 Å². The number of carbonyl (C=O) groups excluding carboxylic acids is 1. The molecule has 6 nitrogen and oxygen atoms in total. The zero-order chi connectivity index (χ0) is 17.6. The minimum atomic E-state index is -0.0112. The van der Waals surface area contributed by atoms with Crippen molar-refractivity contribution in [2.75, 3.05) is 20.8 Å². The summed E-state index contributed by atoms with van der Waals surface area (Å²) in [6.45, 7) is 0.534. The molecule has 3 rings (SSSR count). The third kappa shape index (κ3) is 4.29. The van der Waals surface area contributed by atoms with Crippen LogP contribution in [-0.2, 0) is 17.6 Å². The minimum absolute atomic E-state index is 0.0112. The molecule has 0 bridgehead atoms. The summed E-state index contributed by atoms with van der Waals surface area (Å²) >= 11 is 0. The Balaban J connectivity index is 1.50. The number of aromatic amines is 1. The summed E-state index contributed by atoms with van der Waals surface area (Å²) in [6.07, 6.45) is 0.993. The predicted molar refractivity (Wildman–Crippen MR) is 96.1 cm³/mol. The number of aromatic nitrogens is 2. The van der Waals surface area contributed by atoms with Crippen LogP contribution in [0.25, 0.3) is 11.0 Å². The van der Waals surface area contributed by atoms with Crippen molar-refractivity contribution in [3.63, 3.8) is 0 Å². The van der Waals surface area contributed by atoms with E-state index in [4.69, 9.17) is 9.47 Å². The van der Waals surface area contributed by atoms with Gasteiger partial charge in [-0.15, -0.1) is 0 Å². The molecular weight excluding hydrogens is 318 g/mol. The Bertz CT molecular complexity index is 856. The Labute approximate surface area is 146 Å². The number of fused-ring (bicyclic) bond motifs is 1. The third-order valence-electron chi connectivity index (χ3n) is 3.95. The lowest BCUT2D eigenvalue weighted by Gasteiger charge is -2.05. The van der Waals surface area contributed by atoms with E-state index < -0.39 is 0 Å². The van der Waals surface area contributed by atoms with Crippen LogP contribution in [0.2, 0.25) is 0 Å². The SMILES string of the molecule is COc1ccc(CC(=O)NCCc2nc3ccc(OC)cc3[nH]2)cc1. The fraction of sp³-hybridized carbons (Fsp3) is 0.263. The van der Waals surface area contributed by atoms with Crippen molar-refractivity contribution in [1.29, 1.82) is 0 Å². The monoisotopic (exact) mass is 339 g/mol. The van der Waals surface area contributed by atoms with Crippen LogP contribution in [0.1, 0.15) is 11.4 Å². The Hall–Kier alpha value is -3.02. The highest BCUT2D eigenvalue weighted by Gasteiger charge is 2.06. The number of rotatable bonds is 7. The molecule has 0 aliphatic carbocycles. The van der Waals surface area contributed by atoms with Gasteiger partial charge in [0.2, 0.25) is 5.91 Å². The van der Waals surface area contributed by atoms with Gasteiger partial charge >= 0.3 is 0 Å². The average Bonchev–Trinajstić information content (AvgIpc) is 3.04. The molecule has 0 atom stereocenters. The molecule has 1 aromatic heterocycles. The first-order valence-electron chi connectivity index (χ1n) is 8.10. The molecule has 0 aliphatic heterocycles. The Morgan fingerprint density at radius 1 is 1.08 bits per heavy atom. The molecule has 1 amide bonds. The fourth-order valence-electron chi connectivity index (χ4n) is 2.60. The van der Waals surface area contributed by atoms with Crippen LogP contribution in [0.5, 0.6) is 11.5 Å². The molecular formula is C19H21N3O3. The summed E-state index contributed by atoms with van der Waals surface area (Å²) in [5, 5.41) is 2.92. The van der Waals surface area contributed by atoms with Gasteiger partial charge in [0.25, 0.3) is 0 Å². The summed E-state index contributed by atoms with van der Waals surface area (Å²) in [5.41, 5.74) is 2.77. The topological polar surface area (TPSA) is 76.2 Å². The average molecular weight is 339 g/mol. The molecule has 2 N–H and O–H groups in total. The number of methoxy groups -OCH3 is 2. The van der Waals surface area contributed by atoms with Crippen molar-refractivity contribution >= 4 is 16.9 Å². The number of carbonyl (C=O) groups is 1. The predicted octanol–water partition coefficient (Wildman–Crippen LogP) is 2.48. The third-order valence-corrected chi connectivity index (χ3v) is 3.95. The largest absolute Gasteiger partial charge is 0.497 e. The molecule has 0 unspecified atom stereocenters. The molecule has 130 valence electrons. The number of imidazole rings is 1. The first kappa shape index (κ1) is 16.8. The van der Waals surface area contributed by atoms with Crippen LogP contribution < -0.4 is 14.8 Å². The van der Waals surface area contributed by atoms with E-state index in [0.29, 0.717) is 19.4 Å². The van der Waals surface area contributed by atoms with Crippen LogP contribution in [0.3, 0.4) is 0 Å². The molecule has 0 fully saturated rings. The lowest BCUT2D eigenvalue weighted by atomic mass is 10.1. The van der Waals surface area contributed by atoms with E-state index in [9.17, 15) is 4.79 Å². The fourth-order valence-corrected chi connectivity index (χ4v) is 2.60. The lowest BCUT2D eigenvalue weighted by molar-refractivity contribution is -0.120. The smallest absolute Gasteiger partial charge is 0.224 e. The maximum atomic E-state index is 12.0. The zero-order valence-corrected chi connectivity index (χ0v) is 14.3. The highest BCUT2D eigenvalue weighted by atomic mass is 16.5.